The number of aromatic nitrogens is 2. The summed E-state index contributed by atoms with van der Waals surface area (Å²) in [5.74, 6) is 0.534. The molecular formula is C13H18N4O2S. The fourth-order valence-corrected chi connectivity index (χ4v) is 2.88. The van der Waals surface area contributed by atoms with Gasteiger partial charge in [-0.2, -0.15) is 0 Å². The Morgan fingerprint density at radius 3 is 2.75 bits per heavy atom. The molecule has 0 spiro atoms. The van der Waals surface area contributed by atoms with E-state index >= 15 is 0 Å². The molecule has 20 heavy (non-hydrogen) atoms. The molecule has 2 aromatic heterocycles. The van der Waals surface area contributed by atoms with Gasteiger partial charge < -0.3 is 15.2 Å². The van der Waals surface area contributed by atoms with Gasteiger partial charge in [0, 0.05) is 19.0 Å². The van der Waals surface area contributed by atoms with Gasteiger partial charge in [-0.1, -0.05) is 0 Å². The van der Waals surface area contributed by atoms with Gasteiger partial charge in [0.15, 0.2) is 0 Å². The monoisotopic (exact) mass is 294 g/mol. The van der Waals surface area contributed by atoms with Crippen molar-refractivity contribution < 1.29 is 4.79 Å². The molecule has 1 amide bonds. The smallest absolute Gasteiger partial charge is 0.259 e. The Bertz CT molecular complexity index is 702. The molecule has 0 aliphatic rings. The van der Waals surface area contributed by atoms with E-state index in [1.807, 2.05) is 13.8 Å². The van der Waals surface area contributed by atoms with Crippen molar-refractivity contribution in [3.8, 4) is 0 Å². The Kier molecular flexibility index (Phi) is 4.20. The van der Waals surface area contributed by atoms with E-state index in [1.54, 1.807) is 14.1 Å². The maximum Gasteiger partial charge on any atom is 0.259 e. The molecule has 0 atom stereocenters. The molecule has 0 saturated carbocycles. The lowest BCUT2D eigenvalue weighted by atomic mass is 10.2. The maximum absolute atomic E-state index is 12.0. The molecule has 2 N–H and O–H groups in total. The molecule has 0 fully saturated rings. The number of carbonyl (C=O) groups excluding carboxylic acids is 1. The summed E-state index contributed by atoms with van der Waals surface area (Å²) in [7, 11) is 3.40. The Labute approximate surface area is 120 Å². The van der Waals surface area contributed by atoms with Gasteiger partial charge in [-0.15, -0.1) is 11.3 Å². The highest BCUT2D eigenvalue weighted by Gasteiger charge is 2.12. The second kappa shape index (κ2) is 5.72. The summed E-state index contributed by atoms with van der Waals surface area (Å²) in [6.45, 7) is 4.49. The third kappa shape index (κ3) is 2.88. The Morgan fingerprint density at radius 1 is 1.40 bits per heavy atom. The first-order chi connectivity index (χ1) is 9.40. The van der Waals surface area contributed by atoms with Crippen molar-refractivity contribution in [1.82, 2.24) is 20.2 Å². The lowest BCUT2D eigenvalue weighted by molar-refractivity contribution is -0.127. The van der Waals surface area contributed by atoms with Crippen LogP contribution in [0.4, 0.5) is 0 Å². The molecule has 0 aliphatic heterocycles. The number of hydrogen-bond donors (Lipinski definition) is 2. The number of amides is 1. The molecule has 0 unspecified atom stereocenters. The molecule has 2 aromatic rings. The fraction of sp³-hybridized carbons (Fsp3) is 0.462. The average Bonchev–Trinajstić information content (AvgIpc) is 2.65. The zero-order valence-corrected chi connectivity index (χ0v) is 12.8. The molecule has 108 valence electrons. The molecule has 2 heterocycles. The van der Waals surface area contributed by atoms with E-state index < -0.39 is 0 Å². The van der Waals surface area contributed by atoms with Crippen molar-refractivity contribution in [2.75, 3.05) is 20.6 Å². The number of H-pyrrole nitrogens is 1. The van der Waals surface area contributed by atoms with Crippen LogP contribution in [0.15, 0.2) is 4.79 Å². The van der Waals surface area contributed by atoms with Crippen LogP contribution in [-0.2, 0) is 11.3 Å². The van der Waals surface area contributed by atoms with E-state index in [9.17, 15) is 9.59 Å². The van der Waals surface area contributed by atoms with Crippen molar-refractivity contribution >= 4 is 27.5 Å². The van der Waals surface area contributed by atoms with Crippen LogP contribution in [0.3, 0.4) is 0 Å². The van der Waals surface area contributed by atoms with Gasteiger partial charge in [-0.05, 0) is 19.4 Å². The normalized spacial score (nSPS) is 11.0. The van der Waals surface area contributed by atoms with Crippen LogP contribution in [0.5, 0.6) is 0 Å². The van der Waals surface area contributed by atoms with Crippen molar-refractivity contribution in [2.45, 2.75) is 20.4 Å². The highest BCUT2D eigenvalue weighted by atomic mass is 32.1. The lowest BCUT2D eigenvalue weighted by Crippen LogP contribution is -2.33. The Hall–Kier alpha value is -1.73. The molecule has 2 rings (SSSR count). The van der Waals surface area contributed by atoms with Crippen LogP contribution in [-0.4, -0.2) is 41.4 Å². The van der Waals surface area contributed by atoms with Gasteiger partial charge >= 0.3 is 0 Å². The molecule has 0 bridgehead atoms. The van der Waals surface area contributed by atoms with Crippen LogP contribution >= 0.6 is 11.3 Å². The molecule has 0 aliphatic carbocycles. The third-order valence-electron chi connectivity index (χ3n) is 3.16. The van der Waals surface area contributed by atoms with Crippen molar-refractivity contribution in [3.63, 3.8) is 0 Å². The number of fused-ring (bicyclic) bond motifs is 1. The van der Waals surface area contributed by atoms with Crippen LogP contribution in [0.1, 0.15) is 16.3 Å². The van der Waals surface area contributed by atoms with Gasteiger partial charge in [0.25, 0.3) is 5.56 Å². The molecule has 6 nitrogen and oxygen atoms in total. The highest BCUT2D eigenvalue weighted by molar-refractivity contribution is 7.18. The number of likely N-dealkylation sites (N-methyl/N-ethyl adjacent to an activating group) is 1. The lowest BCUT2D eigenvalue weighted by Gasteiger charge is -2.10. The molecule has 0 radical (unpaired) electrons. The number of rotatable bonds is 4. The summed E-state index contributed by atoms with van der Waals surface area (Å²) in [4.78, 5) is 34.0. The number of aryl methyl sites for hydroxylation is 2. The predicted molar refractivity (Wildman–Crippen MR) is 80.1 cm³/mol. The third-order valence-corrected chi connectivity index (χ3v) is 4.26. The first-order valence-electron chi connectivity index (χ1n) is 6.30. The van der Waals surface area contributed by atoms with Gasteiger partial charge in [-0.25, -0.2) is 4.98 Å². The zero-order chi connectivity index (χ0) is 14.9. The number of nitrogens with zero attached hydrogens (tertiary/aromatic N) is 2. The summed E-state index contributed by atoms with van der Waals surface area (Å²) >= 11 is 1.52. The van der Waals surface area contributed by atoms with Crippen LogP contribution in [0.25, 0.3) is 10.2 Å². The predicted octanol–water partition coefficient (Wildman–Crippen LogP) is 0.779. The quantitative estimate of drug-likeness (QED) is 0.873. The second-order valence-electron chi connectivity index (χ2n) is 4.87. The standard InChI is InChI=1S/C13H18N4O2S/c1-7-8(2)20-13-11(7)12(19)15-9(16-13)5-14-6-10(18)17(3)4/h14H,5-6H2,1-4H3,(H,15,16,19). The van der Waals surface area contributed by atoms with E-state index in [0.29, 0.717) is 17.8 Å². The van der Waals surface area contributed by atoms with Gasteiger partial charge in [0.2, 0.25) is 5.91 Å². The van der Waals surface area contributed by atoms with E-state index in [1.165, 1.54) is 16.2 Å². The molecule has 0 aromatic carbocycles. The van der Waals surface area contributed by atoms with Crippen molar-refractivity contribution in [1.29, 1.82) is 0 Å². The number of aromatic amines is 1. The Balaban J connectivity index is 2.16. The molecule has 0 saturated heterocycles. The largest absolute Gasteiger partial charge is 0.348 e. The van der Waals surface area contributed by atoms with Gasteiger partial charge in [-0.3, -0.25) is 9.59 Å². The van der Waals surface area contributed by atoms with E-state index in [2.05, 4.69) is 15.3 Å². The first kappa shape index (κ1) is 14.7. The minimum absolute atomic E-state index is 0.0174. The molecular weight excluding hydrogens is 276 g/mol. The fourth-order valence-electron chi connectivity index (χ4n) is 1.83. The van der Waals surface area contributed by atoms with Gasteiger partial charge in [0.05, 0.1) is 18.5 Å². The van der Waals surface area contributed by atoms with Gasteiger partial charge in [0.1, 0.15) is 10.7 Å². The van der Waals surface area contributed by atoms with E-state index in [-0.39, 0.29) is 18.0 Å². The van der Waals surface area contributed by atoms with Crippen molar-refractivity contribution in [3.05, 3.63) is 26.6 Å². The number of hydrogen-bond acceptors (Lipinski definition) is 5. The number of carbonyl (C=O) groups is 1. The number of nitrogens with one attached hydrogen (secondary N) is 2. The van der Waals surface area contributed by atoms with E-state index in [4.69, 9.17) is 0 Å². The Morgan fingerprint density at radius 2 is 2.10 bits per heavy atom. The molecule has 7 heteroatoms. The van der Waals surface area contributed by atoms with E-state index in [0.717, 1.165) is 15.3 Å². The summed E-state index contributed by atoms with van der Waals surface area (Å²) in [5.41, 5.74) is 0.869. The summed E-state index contributed by atoms with van der Waals surface area (Å²) in [6.07, 6.45) is 0. The van der Waals surface area contributed by atoms with Crippen LogP contribution in [0.2, 0.25) is 0 Å². The topological polar surface area (TPSA) is 78.1 Å². The van der Waals surface area contributed by atoms with Crippen LogP contribution in [0, 0.1) is 13.8 Å². The minimum Gasteiger partial charge on any atom is -0.348 e. The minimum atomic E-state index is -0.118. The summed E-state index contributed by atoms with van der Waals surface area (Å²) < 4.78 is 0. The second-order valence-corrected chi connectivity index (χ2v) is 6.07. The average molecular weight is 294 g/mol. The van der Waals surface area contributed by atoms with Crippen molar-refractivity contribution in [2.24, 2.45) is 0 Å². The number of thiophene rings is 1. The summed E-state index contributed by atoms with van der Waals surface area (Å²) in [6, 6.07) is 0. The van der Waals surface area contributed by atoms with Crippen LogP contribution < -0.4 is 10.9 Å². The zero-order valence-electron chi connectivity index (χ0n) is 12.0. The first-order valence-corrected chi connectivity index (χ1v) is 7.11. The highest BCUT2D eigenvalue weighted by Crippen LogP contribution is 2.25. The SMILES string of the molecule is Cc1sc2nc(CNCC(=O)N(C)C)[nH]c(=O)c2c1C. The summed E-state index contributed by atoms with van der Waals surface area (Å²) in [5, 5.41) is 3.64. The maximum atomic E-state index is 12.0.